The molecule has 0 saturated carbocycles. The van der Waals surface area contributed by atoms with Gasteiger partial charge in [0.2, 0.25) is 0 Å². The highest BCUT2D eigenvalue weighted by Crippen LogP contribution is 2.47. The van der Waals surface area contributed by atoms with Crippen LogP contribution in [0.25, 0.3) is 16.8 Å². The molecule has 2 aliphatic heterocycles. The first kappa shape index (κ1) is 28.2. The maximum absolute atomic E-state index is 16.2. The van der Waals surface area contributed by atoms with E-state index in [9.17, 15) is 4.79 Å². The van der Waals surface area contributed by atoms with Gasteiger partial charge in [-0.2, -0.15) is 0 Å². The van der Waals surface area contributed by atoms with E-state index in [0.29, 0.717) is 28.5 Å². The van der Waals surface area contributed by atoms with E-state index in [4.69, 9.17) is 4.74 Å². The fraction of sp³-hybridized carbons (Fsp3) is 0.333. The van der Waals surface area contributed by atoms with Crippen LogP contribution in [0, 0.1) is 17.4 Å². The summed E-state index contributed by atoms with van der Waals surface area (Å²) in [4.78, 5) is 12.2. The molecule has 39 heavy (non-hydrogen) atoms. The predicted octanol–water partition coefficient (Wildman–Crippen LogP) is 6.50. The molecule has 5 rings (SSSR count). The van der Waals surface area contributed by atoms with Gasteiger partial charge in [0.05, 0.1) is 15.3 Å². The van der Waals surface area contributed by atoms with Crippen LogP contribution in [0.3, 0.4) is 0 Å². The van der Waals surface area contributed by atoms with Crippen LogP contribution in [0.1, 0.15) is 57.1 Å². The predicted molar refractivity (Wildman–Crippen MR) is 165 cm³/mol. The summed E-state index contributed by atoms with van der Waals surface area (Å²) in [6.07, 6.45) is 1.69. The van der Waals surface area contributed by atoms with Crippen molar-refractivity contribution in [3.8, 4) is 11.3 Å². The smallest absolute Gasteiger partial charge is 0.459 e. The Labute approximate surface area is 253 Å². The van der Waals surface area contributed by atoms with Crippen molar-refractivity contribution in [2.75, 3.05) is 0 Å². The third kappa shape index (κ3) is 4.60. The zero-order chi connectivity index (χ0) is 28.6. The van der Waals surface area contributed by atoms with E-state index in [-0.39, 0.29) is 6.54 Å². The average Bonchev–Trinajstić information content (AvgIpc) is 3.46. The zero-order valence-corrected chi connectivity index (χ0v) is 27.1. The van der Waals surface area contributed by atoms with Gasteiger partial charge < -0.3 is 22.3 Å². The average molecular weight is 757 g/mol. The molecule has 0 radical (unpaired) electrons. The van der Waals surface area contributed by atoms with Gasteiger partial charge in [-0.3, -0.25) is 4.79 Å². The normalized spacial score (nSPS) is 16.7. The Bertz CT molecular complexity index is 1640. The number of halogens is 4. The van der Waals surface area contributed by atoms with Gasteiger partial charge in [0.25, 0.3) is 0 Å². The van der Waals surface area contributed by atoms with E-state index >= 15 is 8.63 Å². The molecule has 7 nitrogen and oxygen atoms in total. The van der Waals surface area contributed by atoms with Crippen LogP contribution in [-0.4, -0.2) is 48.2 Å². The fourth-order valence-electron chi connectivity index (χ4n) is 5.37. The van der Waals surface area contributed by atoms with E-state index in [1.54, 1.807) is 20.0 Å². The summed E-state index contributed by atoms with van der Waals surface area (Å²) in [5, 5.41) is 8.29. The Morgan fingerprint density at radius 2 is 1.69 bits per heavy atom. The lowest BCUT2D eigenvalue weighted by atomic mass is 9.83. The molecule has 0 spiro atoms. The molecule has 1 aromatic carbocycles. The van der Waals surface area contributed by atoms with E-state index in [1.165, 1.54) is 13.6 Å². The number of esters is 1. The molecule has 204 valence electrons. The lowest BCUT2D eigenvalue weighted by Gasteiger charge is -2.33. The Kier molecular flexibility index (Phi) is 6.96. The Hall–Kier alpha value is -2.36. The fourth-order valence-corrected chi connectivity index (χ4v) is 6.40. The highest BCUT2D eigenvalue weighted by molar-refractivity contribution is 14.1. The van der Waals surface area contributed by atoms with Crippen molar-refractivity contribution in [3.63, 3.8) is 0 Å². The van der Waals surface area contributed by atoms with Crippen LogP contribution in [0.4, 0.5) is 8.63 Å². The number of hydrogen-bond donors (Lipinski definition) is 0. The van der Waals surface area contributed by atoms with Gasteiger partial charge in [0, 0.05) is 27.3 Å². The zero-order valence-electron chi connectivity index (χ0n) is 22.7. The third-order valence-corrected chi connectivity index (χ3v) is 10.2. The van der Waals surface area contributed by atoms with Crippen molar-refractivity contribution in [1.82, 2.24) is 19.5 Å². The first-order valence-corrected chi connectivity index (χ1v) is 14.7. The lowest BCUT2D eigenvalue weighted by Crippen LogP contribution is -2.51. The summed E-state index contributed by atoms with van der Waals surface area (Å²) in [7, 11) is 0. The van der Waals surface area contributed by atoms with Crippen LogP contribution < -0.4 is 0 Å². The molecule has 0 unspecified atom stereocenters. The first-order valence-electron chi connectivity index (χ1n) is 12.5. The molecule has 0 fully saturated rings. The number of fused-ring (bicyclic) bond motifs is 2. The number of carbonyl (C=O) groups excluding carboxylic acids is 1. The molecule has 0 aliphatic carbocycles. The number of rotatable bonds is 4. The number of carbonyl (C=O) groups is 1. The summed E-state index contributed by atoms with van der Waals surface area (Å²) in [5.41, 5.74) is 6.38. The molecule has 0 amide bonds. The summed E-state index contributed by atoms with van der Waals surface area (Å²) in [6, 6.07) is 7.68. The number of nitrogens with zero attached hydrogens (tertiary/aromatic N) is 5. The maximum atomic E-state index is 16.2. The van der Waals surface area contributed by atoms with Crippen molar-refractivity contribution < 1.29 is 22.6 Å². The second-order valence-corrected chi connectivity index (χ2v) is 13.1. The highest BCUT2D eigenvalue weighted by Gasteiger charge is 2.56. The molecule has 4 heterocycles. The number of ether oxygens (including phenoxy) is 1. The Morgan fingerprint density at radius 3 is 2.31 bits per heavy atom. The summed E-state index contributed by atoms with van der Waals surface area (Å²) in [6.45, 7) is 8.68. The molecular weight excluding hydrogens is 729 g/mol. The summed E-state index contributed by atoms with van der Waals surface area (Å²) in [5.74, 6) is -0.395. The van der Waals surface area contributed by atoms with Crippen molar-refractivity contribution in [2.24, 2.45) is 0 Å². The molecule has 12 heteroatoms. The third-order valence-electron chi connectivity index (χ3n) is 7.02. The molecule has 0 N–H and O–H groups in total. The van der Waals surface area contributed by atoms with Crippen LogP contribution in [0.15, 0.2) is 45.3 Å². The highest BCUT2D eigenvalue weighted by atomic mass is 127. The molecule has 3 aromatic rings. The van der Waals surface area contributed by atoms with Crippen LogP contribution in [0.5, 0.6) is 0 Å². The van der Waals surface area contributed by atoms with Gasteiger partial charge in [0.1, 0.15) is 23.6 Å². The van der Waals surface area contributed by atoms with Gasteiger partial charge in [-0.05, 0) is 104 Å². The quantitative estimate of drug-likeness (QED) is 0.173. The van der Waals surface area contributed by atoms with Gasteiger partial charge >= 0.3 is 12.9 Å². The topological polar surface area (TPSA) is 64.9 Å². The SMILES string of the molecule is CC1=C(I)C(C)=[N+]2C1=C(c1ccc(-c3cn(CC(=O)OC(C)(C)C)nn3)cc1)c1c(C)c(I)c(C)n1[B-]2(F)F. The number of benzene rings is 1. The standard InChI is InChI=1S/C27H28BF2I2N5O2/c1-14-23(31)16(3)36-25(14)22(26-15(2)24(32)17(4)37(26)28(36,29)30)19-10-8-18(9-11-19)20-12-35(34-33-20)13-21(38)39-27(5,6)7/h8-12H,13H2,1-7H3. The monoisotopic (exact) mass is 757 g/mol. The molecular formula is C27H28BF2I2N5O2. The number of aromatic nitrogens is 4. The van der Waals surface area contributed by atoms with Crippen molar-refractivity contribution in [1.29, 1.82) is 0 Å². The molecule has 0 bridgehead atoms. The Morgan fingerprint density at radius 1 is 1.08 bits per heavy atom. The van der Waals surface area contributed by atoms with Crippen molar-refractivity contribution >= 4 is 69.4 Å². The minimum atomic E-state index is -4.06. The van der Waals surface area contributed by atoms with E-state index in [2.05, 4.69) is 55.5 Å². The second kappa shape index (κ2) is 9.63. The molecule has 2 aliphatic rings. The summed E-state index contributed by atoms with van der Waals surface area (Å²) < 4.78 is 43.3. The van der Waals surface area contributed by atoms with E-state index < -0.39 is 18.5 Å². The second-order valence-electron chi connectivity index (χ2n) is 10.9. The lowest BCUT2D eigenvalue weighted by molar-refractivity contribution is -0.363. The molecule has 2 aromatic heterocycles. The van der Waals surface area contributed by atoms with Crippen LogP contribution in [0.2, 0.25) is 0 Å². The first-order chi connectivity index (χ1) is 18.1. The van der Waals surface area contributed by atoms with Crippen molar-refractivity contribution in [2.45, 2.75) is 60.6 Å². The largest absolute Gasteiger partial charge is 0.737 e. The molecule has 0 atom stereocenters. The van der Waals surface area contributed by atoms with Gasteiger partial charge in [-0.15, -0.1) is 5.10 Å². The van der Waals surface area contributed by atoms with Gasteiger partial charge in [0.15, 0.2) is 5.70 Å². The minimum Gasteiger partial charge on any atom is -0.459 e. The van der Waals surface area contributed by atoms with Crippen molar-refractivity contribution in [3.05, 3.63) is 71.4 Å². The molecule has 0 saturated heterocycles. The Balaban J connectivity index is 1.58. The van der Waals surface area contributed by atoms with Crippen LogP contribution in [-0.2, 0) is 16.1 Å². The van der Waals surface area contributed by atoms with Gasteiger partial charge in [-0.25, -0.2) is 4.68 Å². The number of hydrogen-bond acceptors (Lipinski definition) is 4. The van der Waals surface area contributed by atoms with Gasteiger partial charge in [-0.1, -0.05) is 29.5 Å². The van der Waals surface area contributed by atoms with E-state index in [1.807, 2.05) is 58.9 Å². The minimum absolute atomic E-state index is 0.0429. The number of allylic oxidation sites excluding steroid dienone is 2. The maximum Gasteiger partial charge on any atom is 0.737 e. The van der Waals surface area contributed by atoms with Crippen LogP contribution >= 0.6 is 45.2 Å². The van der Waals surface area contributed by atoms with E-state index in [0.717, 1.165) is 35.0 Å². The summed E-state index contributed by atoms with van der Waals surface area (Å²) >= 11 is 4.34.